The van der Waals surface area contributed by atoms with E-state index in [1.165, 1.54) is 5.56 Å². The van der Waals surface area contributed by atoms with Crippen molar-refractivity contribution in [3.05, 3.63) is 53.9 Å². The Kier molecular flexibility index (Phi) is 5.55. The fourth-order valence-electron chi connectivity index (χ4n) is 2.03. The highest BCUT2D eigenvalue weighted by atomic mass is 16.3. The van der Waals surface area contributed by atoms with Crippen molar-refractivity contribution < 1.29 is 9.90 Å². The lowest BCUT2D eigenvalue weighted by Gasteiger charge is -2.13. The number of nitrogens with zero attached hydrogens (tertiary/aromatic N) is 2. The average Bonchev–Trinajstić information content (AvgIpc) is 2.95. The van der Waals surface area contributed by atoms with Crippen LogP contribution in [0.5, 0.6) is 0 Å². The largest absolute Gasteiger partial charge is 0.392 e. The van der Waals surface area contributed by atoms with Crippen LogP contribution in [-0.4, -0.2) is 33.6 Å². The Morgan fingerprint density at radius 1 is 1.32 bits per heavy atom. The standard InChI is InChI=1S/C16H22N4O2/c1-12(21)8-17-16(22)19-13(2)15-9-18-20(11-15)10-14-6-4-3-5-7-14/h3-7,9,11-13,21H,8,10H2,1-2H3,(H2,17,19,22)/t12-,13?/m1/s1. The Balaban J connectivity index is 1.89. The molecule has 2 rings (SSSR count). The summed E-state index contributed by atoms with van der Waals surface area (Å²) in [6.45, 7) is 4.44. The highest BCUT2D eigenvalue weighted by Gasteiger charge is 2.11. The van der Waals surface area contributed by atoms with Crippen molar-refractivity contribution >= 4 is 6.03 Å². The Morgan fingerprint density at radius 3 is 2.73 bits per heavy atom. The van der Waals surface area contributed by atoms with Gasteiger partial charge in [0.15, 0.2) is 0 Å². The van der Waals surface area contributed by atoms with Crippen molar-refractivity contribution in [1.82, 2.24) is 20.4 Å². The molecule has 2 aromatic rings. The van der Waals surface area contributed by atoms with Crippen molar-refractivity contribution in [3.63, 3.8) is 0 Å². The van der Waals surface area contributed by atoms with Crippen LogP contribution in [0.4, 0.5) is 4.79 Å². The monoisotopic (exact) mass is 302 g/mol. The summed E-state index contributed by atoms with van der Waals surface area (Å²) in [6.07, 6.45) is 3.12. The molecule has 0 saturated heterocycles. The normalized spacial score (nSPS) is 13.4. The number of carbonyl (C=O) groups excluding carboxylic acids is 1. The summed E-state index contributed by atoms with van der Waals surface area (Å²) in [7, 11) is 0. The van der Waals surface area contributed by atoms with Gasteiger partial charge in [0.1, 0.15) is 0 Å². The molecule has 0 fully saturated rings. The van der Waals surface area contributed by atoms with Gasteiger partial charge in [0, 0.05) is 18.3 Å². The maximum absolute atomic E-state index is 11.7. The van der Waals surface area contributed by atoms with Gasteiger partial charge in [-0.15, -0.1) is 0 Å². The lowest BCUT2D eigenvalue weighted by atomic mass is 10.2. The molecule has 6 heteroatoms. The number of hydrogen-bond acceptors (Lipinski definition) is 3. The minimum absolute atomic E-state index is 0.154. The molecule has 22 heavy (non-hydrogen) atoms. The molecule has 0 aliphatic carbocycles. The van der Waals surface area contributed by atoms with Crippen LogP contribution in [0.2, 0.25) is 0 Å². The number of aromatic nitrogens is 2. The molecule has 0 bridgehead atoms. The predicted octanol–water partition coefficient (Wildman–Crippen LogP) is 1.67. The van der Waals surface area contributed by atoms with Gasteiger partial charge >= 0.3 is 6.03 Å². The van der Waals surface area contributed by atoms with Gasteiger partial charge in [0.2, 0.25) is 0 Å². The van der Waals surface area contributed by atoms with Crippen molar-refractivity contribution in [2.45, 2.75) is 32.5 Å². The molecular weight excluding hydrogens is 280 g/mol. The topological polar surface area (TPSA) is 79.2 Å². The molecule has 0 aliphatic heterocycles. The van der Waals surface area contributed by atoms with Crippen molar-refractivity contribution in [2.24, 2.45) is 0 Å². The van der Waals surface area contributed by atoms with E-state index in [1.54, 1.807) is 13.1 Å². The molecule has 0 spiro atoms. The molecule has 1 heterocycles. The molecule has 1 aromatic heterocycles. The Hall–Kier alpha value is -2.34. The van der Waals surface area contributed by atoms with Crippen LogP contribution in [0.25, 0.3) is 0 Å². The van der Waals surface area contributed by atoms with E-state index in [2.05, 4.69) is 15.7 Å². The number of hydrogen-bond donors (Lipinski definition) is 3. The highest BCUT2D eigenvalue weighted by Crippen LogP contribution is 2.12. The highest BCUT2D eigenvalue weighted by molar-refractivity contribution is 5.74. The zero-order valence-electron chi connectivity index (χ0n) is 12.9. The summed E-state index contributed by atoms with van der Waals surface area (Å²) in [6, 6.07) is 9.62. The first-order valence-electron chi connectivity index (χ1n) is 7.33. The van der Waals surface area contributed by atoms with Gasteiger partial charge < -0.3 is 15.7 Å². The van der Waals surface area contributed by atoms with Crippen LogP contribution in [0.15, 0.2) is 42.7 Å². The van der Waals surface area contributed by atoms with E-state index in [4.69, 9.17) is 5.11 Å². The molecule has 0 saturated carbocycles. The lowest BCUT2D eigenvalue weighted by molar-refractivity contribution is 0.187. The second kappa shape index (κ2) is 7.61. The quantitative estimate of drug-likeness (QED) is 0.759. The second-order valence-corrected chi connectivity index (χ2v) is 5.38. The van der Waals surface area contributed by atoms with Gasteiger partial charge in [-0.1, -0.05) is 30.3 Å². The van der Waals surface area contributed by atoms with E-state index < -0.39 is 6.10 Å². The van der Waals surface area contributed by atoms with E-state index in [9.17, 15) is 4.79 Å². The molecule has 118 valence electrons. The zero-order chi connectivity index (χ0) is 15.9. The summed E-state index contributed by atoms with van der Waals surface area (Å²) in [5.74, 6) is 0. The smallest absolute Gasteiger partial charge is 0.315 e. The van der Waals surface area contributed by atoms with Gasteiger partial charge in [-0.2, -0.15) is 5.10 Å². The first-order chi connectivity index (χ1) is 10.5. The van der Waals surface area contributed by atoms with Gasteiger partial charge in [0.05, 0.1) is 24.9 Å². The molecule has 1 unspecified atom stereocenters. The molecule has 0 aliphatic rings. The Bertz CT molecular complexity index is 595. The lowest BCUT2D eigenvalue weighted by Crippen LogP contribution is -2.40. The number of aliphatic hydroxyl groups excluding tert-OH is 1. The number of carbonyl (C=O) groups is 1. The van der Waals surface area contributed by atoms with E-state index in [-0.39, 0.29) is 18.6 Å². The summed E-state index contributed by atoms with van der Waals surface area (Å²) in [5.41, 5.74) is 2.11. The Morgan fingerprint density at radius 2 is 2.05 bits per heavy atom. The summed E-state index contributed by atoms with van der Waals surface area (Å²) in [4.78, 5) is 11.7. The van der Waals surface area contributed by atoms with Crippen LogP contribution >= 0.6 is 0 Å². The first-order valence-corrected chi connectivity index (χ1v) is 7.33. The number of urea groups is 1. The fraction of sp³-hybridized carbons (Fsp3) is 0.375. The number of rotatable bonds is 6. The molecule has 6 nitrogen and oxygen atoms in total. The second-order valence-electron chi connectivity index (χ2n) is 5.38. The van der Waals surface area contributed by atoms with Crippen LogP contribution in [-0.2, 0) is 6.54 Å². The summed E-state index contributed by atoms with van der Waals surface area (Å²) >= 11 is 0. The first kappa shape index (κ1) is 16.0. The average molecular weight is 302 g/mol. The van der Waals surface area contributed by atoms with Crippen LogP contribution in [0, 0.1) is 0 Å². The van der Waals surface area contributed by atoms with Crippen molar-refractivity contribution in [1.29, 1.82) is 0 Å². The number of nitrogens with one attached hydrogen (secondary N) is 2. The SMILES string of the molecule is CC(NC(=O)NC[C@@H](C)O)c1cnn(Cc2ccccc2)c1. The molecule has 0 radical (unpaired) electrons. The van der Waals surface area contributed by atoms with Crippen LogP contribution in [0.1, 0.15) is 31.0 Å². The third-order valence-electron chi connectivity index (χ3n) is 3.25. The summed E-state index contributed by atoms with van der Waals surface area (Å²) < 4.78 is 1.84. The Labute approximate surface area is 130 Å². The third kappa shape index (κ3) is 4.89. The molecule has 1 aromatic carbocycles. The van der Waals surface area contributed by atoms with Crippen molar-refractivity contribution in [2.75, 3.05) is 6.54 Å². The number of aliphatic hydroxyl groups is 1. The minimum atomic E-state index is -0.560. The van der Waals surface area contributed by atoms with Gasteiger partial charge in [-0.25, -0.2) is 4.79 Å². The molecular formula is C16H22N4O2. The third-order valence-corrected chi connectivity index (χ3v) is 3.25. The van der Waals surface area contributed by atoms with Crippen molar-refractivity contribution in [3.8, 4) is 0 Å². The van der Waals surface area contributed by atoms with E-state index in [0.717, 1.165) is 5.56 Å². The van der Waals surface area contributed by atoms with Crippen LogP contribution < -0.4 is 10.6 Å². The summed E-state index contributed by atoms with van der Waals surface area (Å²) in [5, 5.41) is 18.9. The molecule has 2 atom stereocenters. The van der Waals surface area contributed by atoms with Crippen LogP contribution in [0.3, 0.4) is 0 Å². The minimum Gasteiger partial charge on any atom is -0.392 e. The number of benzene rings is 1. The van der Waals surface area contributed by atoms with E-state index >= 15 is 0 Å². The van der Waals surface area contributed by atoms with E-state index in [0.29, 0.717) is 6.54 Å². The van der Waals surface area contributed by atoms with Gasteiger partial charge in [-0.3, -0.25) is 4.68 Å². The molecule has 3 N–H and O–H groups in total. The number of amides is 2. The maximum Gasteiger partial charge on any atom is 0.315 e. The van der Waals surface area contributed by atoms with Gasteiger partial charge in [0.25, 0.3) is 0 Å². The zero-order valence-corrected chi connectivity index (χ0v) is 12.9. The van der Waals surface area contributed by atoms with Gasteiger partial charge in [-0.05, 0) is 19.4 Å². The fourth-order valence-corrected chi connectivity index (χ4v) is 2.03. The van der Waals surface area contributed by atoms with E-state index in [1.807, 2.05) is 48.1 Å². The maximum atomic E-state index is 11.7. The molecule has 2 amide bonds. The predicted molar refractivity (Wildman–Crippen MR) is 84.4 cm³/mol.